The van der Waals surface area contributed by atoms with Crippen molar-refractivity contribution in [2.75, 3.05) is 0 Å². The fourth-order valence-electron chi connectivity index (χ4n) is 2.64. The standard InChI is InChI=1S/C10H16O.Li/c1-9(2)7-4-5-10(9,3)8(11)6-7;/h6-7,11H,4-5H2,1-3H3;/q;+1/p-1. The van der Waals surface area contributed by atoms with E-state index in [0.29, 0.717) is 11.7 Å². The van der Waals surface area contributed by atoms with Crippen LogP contribution in [0.1, 0.15) is 33.6 Å². The van der Waals surface area contributed by atoms with Gasteiger partial charge in [0.05, 0.1) is 0 Å². The molecule has 0 aliphatic heterocycles. The third-order valence-electron chi connectivity index (χ3n) is 4.20. The zero-order valence-corrected chi connectivity index (χ0v) is 8.48. The minimum absolute atomic E-state index is 0. The maximum Gasteiger partial charge on any atom is 1.00 e. The average molecular weight is 158 g/mol. The van der Waals surface area contributed by atoms with Crippen LogP contribution in [0.2, 0.25) is 0 Å². The Kier molecular flexibility index (Phi) is 2.18. The van der Waals surface area contributed by atoms with E-state index >= 15 is 0 Å². The van der Waals surface area contributed by atoms with Gasteiger partial charge in [0.1, 0.15) is 0 Å². The third kappa shape index (κ3) is 0.873. The van der Waals surface area contributed by atoms with Crippen molar-refractivity contribution in [2.24, 2.45) is 16.7 Å². The molecule has 2 heteroatoms. The van der Waals surface area contributed by atoms with Gasteiger partial charge in [0.2, 0.25) is 0 Å². The summed E-state index contributed by atoms with van der Waals surface area (Å²) in [4.78, 5) is 0. The van der Waals surface area contributed by atoms with Crippen molar-refractivity contribution in [3.63, 3.8) is 0 Å². The Morgan fingerprint density at radius 2 is 2.00 bits per heavy atom. The van der Waals surface area contributed by atoms with E-state index in [4.69, 9.17) is 0 Å². The maximum atomic E-state index is 11.5. The molecule has 0 radical (unpaired) electrons. The van der Waals surface area contributed by atoms with E-state index in [9.17, 15) is 5.11 Å². The molecule has 2 unspecified atom stereocenters. The second-order valence-corrected chi connectivity index (χ2v) is 4.73. The summed E-state index contributed by atoms with van der Waals surface area (Å²) in [5, 5.41) is 11.5. The molecule has 0 saturated heterocycles. The Balaban J connectivity index is 0.000000720. The summed E-state index contributed by atoms with van der Waals surface area (Å²) in [6.45, 7) is 6.58. The molecular formula is C10H15LiO. The van der Waals surface area contributed by atoms with Crippen LogP contribution >= 0.6 is 0 Å². The molecule has 1 saturated carbocycles. The molecule has 0 aromatic heterocycles. The molecular weight excluding hydrogens is 143 g/mol. The van der Waals surface area contributed by atoms with E-state index in [1.54, 1.807) is 0 Å². The van der Waals surface area contributed by atoms with Crippen molar-refractivity contribution in [2.45, 2.75) is 33.6 Å². The molecule has 1 fully saturated rings. The van der Waals surface area contributed by atoms with Gasteiger partial charge in [-0.2, -0.15) is 0 Å². The molecule has 12 heavy (non-hydrogen) atoms. The van der Waals surface area contributed by atoms with E-state index in [1.165, 1.54) is 6.42 Å². The second-order valence-electron chi connectivity index (χ2n) is 4.73. The van der Waals surface area contributed by atoms with Gasteiger partial charge in [-0.15, -0.1) is 5.76 Å². The second kappa shape index (κ2) is 2.56. The zero-order valence-electron chi connectivity index (χ0n) is 8.48. The van der Waals surface area contributed by atoms with Crippen molar-refractivity contribution < 1.29 is 24.0 Å². The van der Waals surface area contributed by atoms with Gasteiger partial charge < -0.3 is 5.11 Å². The van der Waals surface area contributed by atoms with Gasteiger partial charge in [-0.3, -0.25) is 0 Å². The first kappa shape index (κ1) is 10.2. The quantitative estimate of drug-likeness (QED) is 0.401. The molecule has 0 N–H and O–H groups in total. The Bertz CT molecular complexity index is 232. The predicted molar refractivity (Wildman–Crippen MR) is 42.7 cm³/mol. The molecule has 0 spiro atoms. The van der Waals surface area contributed by atoms with E-state index in [-0.39, 0.29) is 29.7 Å². The van der Waals surface area contributed by atoms with Crippen LogP contribution < -0.4 is 24.0 Å². The first-order valence-corrected chi connectivity index (χ1v) is 4.38. The SMILES string of the molecule is CC12CCC(C=C1[O-])C2(C)C.[Li+]. The van der Waals surface area contributed by atoms with Gasteiger partial charge in [0.15, 0.2) is 0 Å². The molecule has 0 amide bonds. The van der Waals surface area contributed by atoms with Crippen LogP contribution in [0, 0.1) is 16.7 Å². The minimum Gasteiger partial charge on any atom is -0.875 e. The van der Waals surface area contributed by atoms with E-state index in [0.717, 1.165) is 6.42 Å². The van der Waals surface area contributed by atoms with Gasteiger partial charge in [-0.05, 0) is 29.6 Å². The van der Waals surface area contributed by atoms with Gasteiger partial charge in [0, 0.05) is 0 Å². The van der Waals surface area contributed by atoms with Gasteiger partial charge in [0.25, 0.3) is 0 Å². The molecule has 0 aromatic carbocycles. The Hall–Kier alpha value is 0.137. The molecule has 1 nitrogen and oxygen atoms in total. The zero-order chi connectivity index (χ0) is 8.28. The van der Waals surface area contributed by atoms with Gasteiger partial charge in [-0.25, -0.2) is 0 Å². The summed E-state index contributed by atoms with van der Waals surface area (Å²) in [5.41, 5.74) is 0.196. The number of hydrogen-bond acceptors (Lipinski definition) is 1. The Labute approximate surface area is 86.4 Å². The Morgan fingerprint density at radius 3 is 2.17 bits per heavy atom. The summed E-state index contributed by atoms with van der Waals surface area (Å²) in [7, 11) is 0. The predicted octanol–water partition coefficient (Wildman–Crippen LogP) is -1.31. The van der Waals surface area contributed by atoms with E-state index in [1.807, 2.05) is 6.08 Å². The Morgan fingerprint density at radius 1 is 1.42 bits per heavy atom. The van der Waals surface area contributed by atoms with Crippen LogP contribution in [0.15, 0.2) is 11.8 Å². The summed E-state index contributed by atoms with van der Waals surface area (Å²) in [5.74, 6) is 0.943. The normalized spacial score (nSPS) is 42.2. The van der Waals surface area contributed by atoms with E-state index in [2.05, 4.69) is 20.8 Å². The fraction of sp³-hybridized carbons (Fsp3) is 0.800. The van der Waals surface area contributed by atoms with Crippen molar-refractivity contribution in [3.05, 3.63) is 11.8 Å². The fourth-order valence-corrected chi connectivity index (χ4v) is 2.64. The molecule has 0 heterocycles. The van der Waals surface area contributed by atoms with Crippen LogP contribution in [0.4, 0.5) is 0 Å². The van der Waals surface area contributed by atoms with Crippen molar-refractivity contribution >= 4 is 0 Å². The van der Waals surface area contributed by atoms with Crippen LogP contribution in [0.5, 0.6) is 0 Å². The number of rotatable bonds is 0. The van der Waals surface area contributed by atoms with Crippen LogP contribution in [-0.4, -0.2) is 0 Å². The van der Waals surface area contributed by atoms with Crippen molar-refractivity contribution in [1.29, 1.82) is 0 Å². The smallest absolute Gasteiger partial charge is 0.875 e. The molecule has 0 aromatic rings. The number of fused-ring (bicyclic) bond motifs is 2. The molecule has 2 atom stereocenters. The summed E-state index contributed by atoms with van der Waals surface area (Å²) < 4.78 is 0. The van der Waals surface area contributed by atoms with Crippen LogP contribution in [0.3, 0.4) is 0 Å². The monoisotopic (exact) mass is 158 g/mol. The maximum absolute atomic E-state index is 11.5. The third-order valence-corrected chi connectivity index (χ3v) is 4.20. The van der Waals surface area contributed by atoms with Gasteiger partial charge >= 0.3 is 18.9 Å². The largest absolute Gasteiger partial charge is 1.00 e. The molecule has 2 aliphatic carbocycles. The molecule has 2 aliphatic rings. The van der Waals surface area contributed by atoms with Crippen LogP contribution in [0.25, 0.3) is 0 Å². The summed E-state index contributed by atoms with van der Waals surface area (Å²) >= 11 is 0. The minimum atomic E-state index is -0.0301. The van der Waals surface area contributed by atoms with Crippen molar-refractivity contribution in [1.82, 2.24) is 0 Å². The summed E-state index contributed by atoms with van der Waals surface area (Å²) in [6, 6.07) is 0. The summed E-state index contributed by atoms with van der Waals surface area (Å²) in [6.07, 6.45) is 4.26. The molecule has 2 bridgehead atoms. The topological polar surface area (TPSA) is 23.1 Å². The first-order chi connectivity index (χ1) is 4.98. The number of allylic oxidation sites excluding steroid dienone is 2. The van der Waals surface area contributed by atoms with E-state index < -0.39 is 0 Å². The molecule has 2 rings (SSSR count). The van der Waals surface area contributed by atoms with Gasteiger partial charge in [-0.1, -0.05) is 26.8 Å². The average Bonchev–Trinajstić information content (AvgIpc) is 2.20. The first-order valence-electron chi connectivity index (χ1n) is 4.38. The number of hydrogen-bond donors (Lipinski definition) is 0. The molecule has 62 valence electrons. The van der Waals surface area contributed by atoms with Crippen LogP contribution in [-0.2, 0) is 0 Å². The van der Waals surface area contributed by atoms with Crippen molar-refractivity contribution in [3.8, 4) is 0 Å².